The SMILES string of the molecule is O=C(O)[C@@H]1CCCN1C(=O)c1ccc(S(=O)(=O)NC2CC2)cc1. The van der Waals surface area contributed by atoms with E-state index in [-0.39, 0.29) is 16.8 Å². The summed E-state index contributed by atoms with van der Waals surface area (Å²) in [6.07, 6.45) is 2.79. The Balaban J connectivity index is 1.76. The molecule has 0 radical (unpaired) electrons. The van der Waals surface area contributed by atoms with Gasteiger partial charge in [0.2, 0.25) is 10.0 Å². The molecule has 3 rings (SSSR count). The van der Waals surface area contributed by atoms with E-state index < -0.39 is 22.0 Å². The molecule has 23 heavy (non-hydrogen) atoms. The summed E-state index contributed by atoms with van der Waals surface area (Å²) < 4.78 is 26.7. The molecule has 124 valence electrons. The fourth-order valence-corrected chi connectivity index (χ4v) is 4.00. The zero-order valence-electron chi connectivity index (χ0n) is 12.4. The van der Waals surface area contributed by atoms with Crippen LogP contribution in [0.3, 0.4) is 0 Å². The van der Waals surface area contributed by atoms with Crippen molar-refractivity contribution in [3.8, 4) is 0 Å². The largest absolute Gasteiger partial charge is 0.480 e. The monoisotopic (exact) mass is 338 g/mol. The Morgan fingerprint density at radius 2 is 1.78 bits per heavy atom. The number of sulfonamides is 1. The molecule has 1 saturated heterocycles. The molecule has 1 saturated carbocycles. The molecule has 0 spiro atoms. The number of carbonyl (C=O) groups is 2. The number of nitrogens with one attached hydrogen (secondary N) is 1. The zero-order chi connectivity index (χ0) is 16.6. The van der Waals surface area contributed by atoms with Crippen LogP contribution in [0.25, 0.3) is 0 Å². The van der Waals surface area contributed by atoms with Gasteiger partial charge < -0.3 is 10.0 Å². The molecule has 1 aromatic carbocycles. The quantitative estimate of drug-likeness (QED) is 0.827. The highest BCUT2D eigenvalue weighted by Gasteiger charge is 2.34. The molecule has 1 amide bonds. The Hall–Kier alpha value is -1.93. The lowest BCUT2D eigenvalue weighted by molar-refractivity contribution is -0.141. The van der Waals surface area contributed by atoms with Crippen molar-refractivity contribution >= 4 is 21.9 Å². The zero-order valence-corrected chi connectivity index (χ0v) is 13.3. The highest BCUT2D eigenvalue weighted by Crippen LogP contribution is 2.23. The first-order valence-electron chi connectivity index (χ1n) is 7.54. The second-order valence-corrected chi connectivity index (χ2v) is 7.63. The molecule has 7 nitrogen and oxygen atoms in total. The molecule has 1 aliphatic heterocycles. The van der Waals surface area contributed by atoms with Crippen molar-refractivity contribution in [1.29, 1.82) is 0 Å². The van der Waals surface area contributed by atoms with Gasteiger partial charge in [0.25, 0.3) is 5.91 Å². The minimum Gasteiger partial charge on any atom is -0.480 e. The van der Waals surface area contributed by atoms with Crippen molar-refractivity contribution < 1.29 is 23.1 Å². The van der Waals surface area contributed by atoms with Crippen molar-refractivity contribution in [1.82, 2.24) is 9.62 Å². The Morgan fingerprint density at radius 1 is 1.13 bits per heavy atom. The van der Waals surface area contributed by atoms with E-state index in [2.05, 4.69) is 4.72 Å². The first-order chi connectivity index (χ1) is 10.9. The minimum atomic E-state index is -3.55. The van der Waals surface area contributed by atoms with Gasteiger partial charge in [0.15, 0.2) is 0 Å². The normalized spacial score (nSPS) is 21.4. The van der Waals surface area contributed by atoms with Crippen LogP contribution < -0.4 is 4.72 Å². The lowest BCUT2D eigenvalue weighted by Gasteiger charge is -2.21. The third-order valence-corrected chi connectivity index (χ3v) is 5.65. The van der Waals surface area contributed by atoms with E-state index in [4.69, 9.17) is 5.11 Å². The second kappa shape index (κ2) is 5.93. The maximum atomic E-state index is 12.4. The molecule has 1 aromatic rings. The van der Waals surface area contributed by atoms with Crippen molar-refractivity contribution in [3.63, 3.8) is 0 Å². The lowest BCUT2D eigenvalue weighted by atomic mass is 10.1. The summed E-state index contributed by atoms with van der Waals surface area (Å²) in [5.41, 5.74) is 0.295. The summed E-state index contributed by atoms with van der Waals surface area (Å²) in [4.78, 5) is 25.0. The highest BCUT2D eigenvalue weighted by molar-refractivity contribution is 7.89. The van der Waals surface area contributed by atoms with Crippen LogP contribution >= 0.6 is 0 Å². The third-order valence-electron chi connectivity index (χ3n) is 4.11. The molecule has 2 fully saturated rings. The predicted molar refractivity (Wildman–Crippen MR) is 81.5 cm³/mol. The van der Waals surface area contributed by atoms with Crippen LogP contribution in [0.1, 0.15) is 36.0 Å². The number of likely N-dealkylation sites (tertiary alicyclic amines) is 1. The van der Waals surface area contributed by atoms with E-state index in [1.807, 2.05) is 0 Å². The number of benzene rings is 1. The smallest absolute Gasteiger partial charge is 0.326 e. The van der Waals surface area contributed by atoms with Gasteiger partial charge in [-0.2, -0.15) is 0 Å². The predicted octanol–water partition coefficient (Wildman–Crippen LogP) is 0.817. The number of carboxylic acids is 1. The summed E-state index contributed by atoms with van der Waals surface area (Å²) >= 11 is 0. The maximum Gasteiger partial charge on any atom is 0.326 e. The number of hydrogen-bond acceptors (Lipinski definition) is 4. The second-order valence-electron chi connectivity index (χ2n) is 5.91. The van der Waals surface area contributed by atoms with E-state index in [9.17, 15) is 18.0 Å². The standard InChI is InChI=1S/C15H18N2O5S/c18-14(17-9-1-2-13(17)15(19)20)10-3-7-12(8-4-10)23(21,22)16-11-5-6-11/h3-4,7-8,11,13,16H,1-2,5-6,9H2,(H,19,20)/t13-/m0/s1. The van der Waals surface area contributed by atoms with Crippen molar-refractivity contribution in [2.24, 2.45) is 0 Å². The van der Waals surface area contributed by atoms with Crippen molar-refractivity contribution in [2.45, 2.75) is 42.7 Å². The Bertz CT molecular complexity index is 725. The average Bonchev–Trinajstić information content (AvgIpc) is 3.17. The maximum absolute atomic E-state index is 12.4. The highest BCUT2D eigenvalue weighted by atomic mass is 32.2. The van der Waals surface area contributed by atoms with Crippen LogP contribution in [-0.4, -0.2) is 48.9 Å². The van der Waals surface area contributed by atoms with E-state index in [0.29, 0.717) is 24.9 Å². The fourth-order valence-electron chi connectivity index (χ4n) is 2.70. The Labute approximate surface area is 134 Å². The van der Waals surface area contributed by atoms with Crippen LogP contribution in [0, 0.1) is 0 Å². The average molecular weight is 338 g/mol. The number of nitrogens with zero attached hydrogens (tertiary/aromatic N) is 1. The van der Waals surface area contributed by atoms with Gasteiger partial charge in [0, 0.05) is 18.2 Å². The van der Waals surface area contributed by atoms with Crippen molar-refractivity contribution in [3.05, 3.63) is 29.8 Å². The lowest BCUT2D eigenvalue weighted by Crippen LogP contribution is -2.40. The number of rotatable bonds is 5. The fraction of sp³-hybridized carbons (Fsp3) is 0.467. The summed E-state index contributed by atoms with van der Waals surface area (Å²) in [7, 11) is -3.55. The van der Waals surface area contributed by atoms with Gasteiger partial charge in [-0.1, -0.05) is 0 Å². The van der Waals surface area contributed by atoms with E-state index in [0.717, 1.165) is 12.8 Å². The van der Waals surface area contributed by atoms with Crippen LogP contribution in [0.2, 0.25) is 0 Å². The van der Waals surface area contributed by atoms with Gasteiger partial charge in [0.1, 0.15) is 6.04 Å². The van der Waals surface area contributed by atoms with Crippen molar-refractivity contribution in [2.75, 3.05) is 6.54 Å². The molecule has 1 aliphatic carbocycles. The Morgan fingerprint density at radius 3 is 2.35 bits per heavy atom. The molecule has 1 atom stereocenters. The summed E-state index contributed by atoms with van der Waals surface area (Å²) in [5.74, 6) is -1.39. The van der Waals surface area contributed by atoms with Gasteiger partial charge in [0.05, 0.1) is 4.90 Å². The first kappa shape index (κ1) is 15.9. The molecule has 0 bridgehead atoms. The number of aliphatic carboxylic acids is 1. The summed E-state index contributed by atoms with van der Waals surface area (Å²) in [6, 6.07) is 4.83. The molecule has 2 N–H and O–H groups in total. The van der Waals surface area contributed by atoms with Gasteiger partial charge >= 0.3 is 5.97 Å². The molecule has 2 aliphatic rings. The van der Waals surface area contributed by atoms with Crippen LogP contribution in [0.4, 0.5) is 0 Å². The van der Waals surface area contributed by atoms with E-state index in [1.165, 1.54) is 29.2 Å². The summed E-state index contributed by atoms with van der Waals surface area (Å²) in [5, 5.41) is 9.14. The van der Waals surface area contributed by atoms with Gasteiger partial charge in [-0.3, -0.25) is 4.79 Å². The number of carboxylic acid groups (broad SMARTS) is 1. The number of carbonyl (C=O) groups excluding carboxylic acids is 1. The van der Waals surface area contributed by atoms with Gasteiger partial charge in [-0.25, -0.2) is 17.9 Å². The van der Waals surface area contributed by atoms with Gasteiger partial charge in [-0.15, -0.1) is 0 Å². The van der Waals surface area contributed by atoms with E-state index in [1.54, 1.807) is 0 Å². The molecule has 1 heterocycles. The Kier molecular flexibility index (Phi) is 4.11. The third kappa shape index (κ3) is 3.37. The molecule has 8 heteroatoms. The van der Waals surface area contributed by atoms with Crippen LogP contribution in [0.5, 0.6) is 0 Å². The molecule has 0 aromatic heterocycles. The van der Waals surface area contributed by atoms with Gasteiger partial charge in [-0.05, 0) is 49.9 Å². The first-order valence-corrected chi connectivity index (χ1v) is 9.03. The number of amides is 1. The molecular weight excluding hydrogens is 320 g/mol. The number of hydrogen-bond donors (Lipinski definition) is 2. The molecular formula is C15H18N2O5S. The molecule has 0 unspecified atom stereocenters. The van der Waals surface area contributed by atoms with Crippen LogP contribution in [0.15, 0.2) is 29.2 Å². The summed E-state index contributed by atoms with van der Waals surface area (Å²) in [6.45, 7) is 0.402. The topological polar surface area (TPSA) is 104 Å². The van der Waals surface area contributed by atoms with Crippen LogP contribution in [-0.2, 0) is 14.8 Å². The minimum absolute atomic E-state index is 0.0160. The van der Waals surface area contributed by atoms with E-state index >= 15 is 0 Å².